The third-order valence-electron chi connectivity index (χ3n) is 1.77. The molecule has 0 bridgehead atoms. The fourth-order valence-corrected chi connectivity index (χ4v) is 1.31. The summed E-state index contributed by atoms with van der Waals surface area (Å²) in [7, 11) is 0. The van der Waals surface area contributed by atoms with Gasteiger partial charge in [-0.05, 0) is 19.4 Å². The fraction of sp³-hybridized carbons (Fsp3) is 0.300. The van der Waals surface area contributed by atoms with Crippen LogP contribution in [0.2, 0.25) is 0 Å². The molecule has 0 aliphatic rings. The predicted octanol–water partition coefficient (Wildman–Crippen LogP) is 2.96. The third-order valence-corrected chi connectivity index (χ3v) is 2.19. The number of hydrogen-bond acceptors (Lipinski definition) is 1. The Morgan fingerprint density at radius 2 is 2.00 bits per heavy atom. The summed E-state index contributed by atoms with van der Waals surface area (Å²) in [6, 6.07) is 7.62. The van der Waals surface area contributed by atoms with Crippen LogP contribution < -0.4 is 0 Å². The van der Waals surface area contributed by atoms with E-state index in [1.165, 1.54) is 0 Å². The highest BCUT2D eigenvalue weighted by molar-refractivity contribution is 9.10. The van der Waals surface area contributed by atoms with Gasteiger partial charge in [0.05, 0.1) is 4.83 Å². The third kappa shape index (κ3) is 1.95. The molecular formula is C10H11BrO. The van der Waals surface area contributed by atoms with Crippen LogP contribution in [0.5, 0.6) is 0 Å². The minimum absolute atomic E-state index is 0.0985. The summed E-state index contributed by atoms with van der Waals surface area (Å²) in [4.78, 5) is 11.4. The van der Waals surface area contributed by atoms with E-state index < -0.39 is 0 Å². The standard InChI is InChI=1S/C10H11BrO/c1-7-5-3-4-6-9(7)10(12)8(2)11/h3-6,8H,1-2H3/t8-/m1/s1. The molecule has 1 nitrogen and oxygen atoms in total. The summed E-state index contributed by atoms with van der Waals surface area (Å²) in [6.45, 7) is 3.79. The van der Waals surface area contributed by atoms with Crippen LogP contribution in [-0.4, -0.2) is 10.6 Å². The summed E-state index contributed by atoms with van der Waals surface area (Å²) in [5, 5.41) is 0. The fourth-order valence-electron chi connectivity index (χ4n) is 1.06. The zero-order valence-electron chi connectivity index (χ0n) is 7.17. The monoisotopic (exact) mass is 226 g/mol. The van der Waals surface area contributed by atoms with Gasteiger partial charge >= 0.3 is 0 Å². The summed E-state index contributed by atoms with van der Waals surface area (Å²) in [5.74, 6) is 0.146. The van der Waals surface area contributed by atoms with Crippen LogP contribution in [0.25, 0.3) is 0 Å². The molecule has 0 radical (unpaired) electrons. The molecule has 0 aliphatic carbocycles. The van der Waals surface area contributed by atoms with E-state index >= 15 is 0 Å². The van der Waals surface area contributed by atoms with Crippen molar-refractivity contribution in [3.8, 4) is 0 Å². The number of carbonyl (C=O) groups is 1. The Hall–Kier alpha value is -0.630. The van der Waals surface area contributed by atoms with Crippen molar-refractivity contribution in [1.29, 1.82) is 0 Å². The second-order valence-corrected chi connectivity index (χ2v) is 4.17. The highest BCUT2D eigenvalue weighted by Crippen LogP contribution is 2.13. The van der Waals surface area contributed by atoms with Gasteiger partial charge < -0.3 is 0 Å². The molecule has 1 atom stereocenters. The first-order valence-corrected chi connectivity index (χ1v) is 4.78. The topological polar surface area (TPSA) is 17.1 Å². The molecule has 12 heavy (non-hydrogen) atoms. The Bertz CT molecular complexity index is 292. The maximum absolute atomic E-state index is 11.5. The second-order valence-electron chi connectivity index (χ2n) is 2.80. The van der Waals surface area contributed by atoms with Gasteiger partial charge in [-0.25, -0.2) is 0 Å². The van der Waals surface area contributed by atoms with Crippen LogP contribution in [0, 0.1) is 6.92 Å². The summed E-state index contributed by atoms with van der Waals surface area (Å²) < 4.78 is 0. The van der Waals surface area contributed by atoms with E-state index in [1.54, 1.807) is 0 Å². The van der Waals surface area contributed by atoms with Gasteiger partial charge in [0.1, 0.15) is 0 Å². The van der Waals surface area contributed by atoms with E-state index in [0.29, 0.717) is 0 Å². The molecule has 0 saturated carbocycles. The Morgan fingerprint density at radius 1 is 1.42 bits per heavy atom. The molecule has 1 rings (SSSR count). The van der Waals surface area contributed by atoms with E-state index in [2.05, 4.69) is 15.9 Å². The number of hydrogen-bond donors (Lipinski definition) is 0. The van der Waals surface area contributed by atoms with E-state index in [9.17, 15) is 4.79 Å². The van der Waals surface area contributed by atoms with Crippen molar-refractivity contribution in [2.75, 3.05) is 0 Å². The zero-order valence-corrected chi connectivity index (χ0v) is 8.76. The number of ketones is 1. The lowest BCUT2D eigenvalue weighted by Crippen LogP contribution is -2.11. The molecule has 0 aliphatic heterocycles. The molecule has 0 amide bonds. The molecule has 64 valence electrons. The van der Waals surface area contributed by atoms with Crippen LogP contribution in [-0.2, 0) is 0 Å². The van der Waals surface area contributed by atoms with Crippen molar-refractivity contribution >= 4 is 21.7 Å². The molecule has 0 heterocycles. The Kier molecular flexibility index (Phi) is 3.04. The van der Waals surface area contributed by atoms with Crippen molar-refractivity contribution in [3.63, 3.8) is 0 Å². The van der Waals surface area contributed by atoms with Gasteiger partial charge in [0.2, 0.25) is 0 Å². The first-order valence-electron chi connectivity index (χ1n) is 3.87. The molecule has 0 fully saturated rings. The van der Waals surface area contributed by atoms with Crippen molar-refractivity contribution in [3.05, 3.63) is 35.4 Å². The minimum atomic E-state index is -0.0985. The molecule has 0 unspecified atom stereocenters. The lowest BCUT2D eigenvalue weighted by molar-refractivity contribution is 0.0995. The molecule has 0 spiro atoms. The number of carbonyl (C=O) groups excluding carboxylic acids is 1. The first kappa shape index (κ1) is 9.46. The lowest BCUT2D eigenvalue weighted by Gasteiger charge is -2.05. The highest BCUT2D eigenvalue weighted by atomic mass is 79.9. The maximum Gasteiger partial charge on any atom is 0.176 e. The molecular weight excluding hydrogens is 216 g/mol. The van der Waals surface area contributed by atoms with E-state index in [4.69, 9.17) is 0 Å². The van der Waals surface area contributed by atoms with Crippen LogP contribution in [0.4, 0.5) is 0 Å². The Labute approximate surface area is 80.9 Å². The van der Waals surface area contributed by atoms with Crippen LogP contribution >= 0.6 is 15.9 Å². The minimum Gasteiger partial charge on any atom is -0.293 e. The van der Waals surface area contributed by atoms with Crippen LogP contribution in [0.15, 0.2) is 24.3 Å². The quantitative estimate of drug-likeness (QED) is 0.560. The summed E-state index contributed by atoms with van der Waals surface area (Å²) in [5.41, 5.74) is 1.84. The molecule has 1 aromatic rings. The van der Waals surface area contributed by atoms with Gasteiger partial charge in [0.15, 0.2) is 5.78 Å². The zero-order chi connectivity index (χ0) is 9.14. The SMILES string of the molecule is Cc1ccccc1C(=O)[C@@H](C)Br. The van der Waals surface area contributed by atoms with Crippen molar-refractivity contribution in [2.45, 2.75) is 18.7 Å². The smallest absolute Gasteiger partial charge is 0.176 e. The largest absolute Gasteiger partial charge is 0.293 e. The van der Waals surface area contributed by atoms with E-state index in [-0.39, 0.29) is 10.6 Å². The van der Waals surface area contributed by atoms with Crippen molar-refractivity contribution in [2.24, 2.45) is 0 Å². The highest BCUT2D eigenvalue weighted by Gasteiger charge is 2.12. The number of halogens is 1. The number of alkyl halides is 1. The average molecular weight is 227 g/mol. The van der Waals surface area contributed by atoms with Crippen LogP contribution in [0.1, 0.15) is 22.8 Å². The normalized spacial score (nSPS) is 12.6. The van der Waals surface area contributed by atoms with E-state index in [0.717, 1.165) is 11.1 Å². The van der Waals surface area contributed by atoms with Gasteiger partial charge in [0, 0.05) is 5.56 Å². The van der Waals surface area contributed by atoms with Gasteiger partial charge in [-0.15, -0.1) is 0 Å². The van der Waals surface area contributed by atoms with Gasteiger partial charge in [-0.3, -0.25) is 4.79 Å². The predicted molar refractivity (Wildman–Crippen MR) is 53.9 cm³/mol. The number of Topliss-reactive ketones (excluding diaryl/α,β-unsaturated/α-hetero) is 1. The number of benzene rings is 1. The molecule has 0 saturated heterocycles. The van der Waals surface area contributed by atoms with Gasteiger partial charge in [-0.2, -0.15) is 0 Å². The lowest BCUT2D eigenvalue weighted by atomic mass is 10.0. The molecule has 0 aromatic heterocycles. The van der Waals surface area contributed by atoms with Crippen molar-refractivity contribution in [1.82, 2.24) is 0 Å². The average Bonchev–Trinajstić information content (AvgIpc) is 2.04. The van der Waals surface area contributed by atoms with Gasteiger partial charge in [0.25, 0.3) is 0 Å². The molecule has 1 aromatic carbocycles. The van der Waals surface area contributed by atoms with E-state index in [1.807, 2.05) is 38.1 Å². The number of aryl methyl sites for hydroxylation is 1. The summed E-state index contributed by atoms with van der Waals surface area (Å²) >= 11 is 3.26. The van der Waals surface area contributed by atoms with Gasteiger partial charge in [-0.1, -0.05) is 40.2 Å². The first-order chi connectivity index (χ1) is 5.63. The molecule has 0 N–H and O–H groups in total. The molecule has 2 heteroatoms. The Balaban J connectivity index is 3.03. The van der Waals surface area contributed by atoms with Crippen molar-refractivity contribution < 1.29 is 4.79 Å². The summed E-state index contributed by atoms with van der Waals surface area (Å²) in [6.07, 6.45) is 0. The second kappa shape index (κ2) is 3.85. The Morgan fingerprint density at radius 3 is 2.50 bits per heavy atom. The maximum atomic E-state index is 11.5. The van der Waals surface area contributed by atoms with Crippen LogP contribution in [0.3, 0.4) is 0 Å². The number of rotatable bonds is 2.